The van der Waals surface area contributed by atoms with Crippen LogP contribution in [-0.2, 0) is 5.54 Å². The summed E-state index contributed by atoms with van der Waals surface area (Å²) in [4.78, 5) is 8.55. The van der Waals surface area contributed by atoms with Gasteiger partial charge in [-0.3, -0.25) is 0 Å². The second kappa shape index (κ2) is 5.55. The first-order chi connectivity index (χ1) is 9.98. The fourth-order valence-electron chi connectivity index (χ4n) is 2.59. The molecule has 5 nitrogen and oxygen atoms in total. The van der Waals surface area contributed by atoms with Crippen molar-refractivity contribution in [1.29, 1.82) is 0 Å². The summed E-state index contributed by atoms with van der Waals surface area (Å²) in [5.41, 5.74) is 6.33. The van der Waals surface area contributed by atoms with E-state index >= 15 is 0 Å². The predicted molar refractivity (Wildman–Crippen MR) is 81.0 cm³/mol. The Bertz CT molecular complexity index is 650. The van der Waals surface area contributed by atoms with Gasteiger partial charge in [0.2, 0.25) is 11.7 Å². The first-order valence-corrected chi connectivity index (χ1v) is 7.68. The highest BCUT2D eigenvalue weighted by molar-refractivity contribution is 6.35. The normalized spacial score (nSPS) is 26.0. The summed E-state index contributed by atoms with van der Waals surface area (Å²) in [6, 6.07) is 1.60. The number of aromatic nitrogens is 3. The maximum atomic E-state index is 6.43. The zero-order chi connectivity index (χ0) is 15.0. The van der Waals surface area contributed by atoms with Crippen molar-refractivity contribution in [2.24, 2.45) is 11.7 Å². The summed E-state index contributed by atoms with van der Waals surface area (Å²) in [5, 5.41) is 4.81. The molecule has 0 radical (unpaired) electrons. The van der Waals surface area contributed by atoms with E-state index in [9.17, 15) is 0 Å². The number of hydrogen-bond acceptors (Lipinski definition) is 5. The van der Waals surface area contributed by atoms with Crippen LogP contribution in [0.1, 0.15) is 38.5 Å². The molecule has 2 aromatic heterocycles. The van der Waals surface area contributed by atoms with Crippen molar-refractivity contribution in [1.82, 2.24) is 15.1 Å². The van der Waals surface area contributed by atoms with Gasteiger partial charge in [0.05, 0.1) is 15.6 Å². The van der Waals surface area contributed by atoms with Crippen LogP contribution in [0, 0.1) is 5.92 Å². The highest BCUT2D eigenvalue weighted by Gasteiger charge is 2.37. The number of rotatable bonds is 2. The number of pyridine rings is 1. The molecule has 21 heavy (non-hydrogen) atoms. The second-order valence-electron chi connectivity index (χ2n) is 5.75. The molecule has 0 aliphatic heterocycles. The predicted octanol–water partition coefficient (Wildman–Crippen LogP) is 3.80. The average molecular weight is 327 g/mol. The van der Waals surface area contributed by atoms with Gasteiger partial charge >= 0.3 is 0 Å². The van der Waals surface area contributed by atoms with Crippen molar-refractivity contribution in [3.8, 4) is 11.5 Å². The van der Waals surface area contributed by atoms with E-state index in [1.807, 2.05) is 0 Å². The van der Waals surface area contributed by atoms with Crippen molar-refractivity contribution >= 4 is 23.2 Å². The van der Waals surface area contributed by atoms with Gasteiger partial charge in [0, 0.05) is 6.20 Å². The Morgan fingerprint density at radius 2 is 2.05 bits per heavy atom. The van der Waals surface area contributed by atoms with Gasteiger partial charge in [0.25, 0.3) is 0 Å². The number of nitrogens with two attached hydrogens (primary N) is 1. The Kier molecular flexibility index (Phi) is 3.90. The highest BCUT2D eigenvalue weighted by Crippen LogP contribution is 2.37. The monoisotopic (exact) mass is 326 g/mol. The van der Waals surface area contributed by atoms with Gasteiger partial charge in [0.15, 0.2) is 0 Å². The number of hydrogen-bond donors (Lipinski definition) is 1. The van der Waals surface area contributed by atoms with Crippen LogP contribution >= 0.6 is 23.2 Å². The maximum Gasteiger partial charge on any atom is 0.247 e. The van der Waals surface area contributed by atoms with E-state index in [1.54, 1.807) is 6.07 Å². The van der Waals surface area contributed by atoms with Crippen molar-refractivity contribution in [3.05, 3.63) is 28.2 Å². The van der Waals surface area contributed by atoms with E-state index in [-0.39, 0.29) is 0 Å². The third-order valence-corrected chi connectivity index (χ3v) is 4.53. The van der Waals surface area contributed by atoms with E-state index < -0.39 is 5.54 Å². The minimum Gasteiger partial charge on any atom is -0.337 e. The summed E-state index contributed by atoms with van der Waals surface area (Å²) >= 11 is 11.9. The lowest BCUT2D eigenvalue weighted by atomic mass is 9.78. The lowest BCUT2D eigenvalue weighted by Crippen LogP contribution is -2.40. The molecule has 3 rings (SSSR count). The standard InChI is InChI=1S/C14H16Cl2N4O/c1-8-2-4-14(17,5-3-8)13-19-12(20-21-13)11-10(16)6-9(15)7-18-11/h6-8H,2-5,17H2,1H3. The third-order valence-electron chi connectivity index (χ3n) is 4.04. The molecular weight excluding hydrogens is 311 g/mol. The van der Waals surface area contributed by atoms with Crippen molar-refractivity contribution in [2.75, 3.05) is 0 Å². The molecular formula is C14H16Cl2N4O. The van der Waals surface area contributed by atoms with Crippen LogP contribution < -0.4 is 5.73 Å². The van der Waals surface area contributed by atoms with Crippen LogP contribution in [0.4, 0.5) is 0 Å². The molecule has 1 aliphatic rings. The minimum absolute atomic E-state index is 0.343. The van der Waals surface area contributed by atoms with Crippen LogP contribution in [-0.4, -0.2) is 15.1 Å². The molecule has 0 spiro atoms. The Balaban J connectivity index is 1.89. The van der Waals surface area contributed by atoms with Crippen LogP contribution in [0.3, 0.4) is 0 Å². The molecule has 2 N–H and O–H groups in total. The van der Waals surface area contributed by atoms with E-state index in [0.29, 0.717) is 33.4 Å². The molecule has 1 aliphatic carbocycles. The molecule has 0 saturated heterocycles. The lowest BCUT2D eigenvalue weighted by Gasteiger charge is -2.32. The van der Waals surface area contributed by atoms with Crippen LogP contribution in [0.25, 0.3) is 11.5 Å². The van der Waals surface area contributed by atoms with Gasteiger partial charge in [0.1, 0.15) is 5.69 Å². The molecule has 2 aromatic rings. The second-order valence-corrected chi connectivity index (χ2v) is 6.59. The first-order valence-electron chi connectivity index (χ1n) is 6.92. The smallest absolute Gasteiger partial charge is 0.247 e. The fraction of sp³-hybridized carbons (Fsp3) is 0.500. The zero-order valence-electron chi connectivity index (χ0n) is 11.6. The van der Waals surface area contributed by atoms with E-state index in [0.717, 1.165) is 25.7 Å². The fourth-order valence-corrected chi connectivity index (χ4v) is 3.06. The van der Waals surface area contributed by atoms with E-state index in [2.05, 4.69) is 22.0 Å². The SMILES string of the molecule is CC1CCC(N)(c2nc(-c3ncc(Cl)cc3Cl)no2)CC1. The van der Waals surface area contributed by atoms with Gasteiger partial charge < -0.3 is 10.3 Å². The molecule has 112 valence electrons. The Hall–Kier alpha value is -1.17. The van der Waals surface area contributed by atoms with E-state index in [4.69, 9.17) is 33.5 Å². The Morgan fingerprint density at radius 1 is 1.33 bits per heavy atom. The summed E-state index contributed by atoms with van der Waals surface area (Å²) in [7, 11) is 0. The average Bonchev–Trinajstić information content (AvgIpc) is 2.92. The third kappa shape index (κ3) is 2.91. The first kappa shape index (κ1) is 14.8. The number of halogens is 2. The highest BCUT2D eigenvalue weighted by atomic mass is 35.5. The van der Waals surface area contributed by atoms with Gasteiger partial charge in [-0.05, 0) is 37.7 Å². The van der Waals surface area contributed by atoms with Gasteiger partial charge in [-0.15, -0.1) is 0 Å². The molecule has 1 saturated carbocycles. The molecule has 1 fully saturated rings. The summed E-state index contributed by atoms with van der Waals surface area (Å²) in [6.45, 7) is 2.23. The molecule has 0 aromatic carbocycles. The molecule has 0 amide bonds. The lowest BCUT2D eigenvalue weighted by molar-refractivity contribution is 0.190. The van der Waals surface area contributed by atoms with Gasteiger partial charge in [-0.1, -0.05) is 35.3 Å². The Labute approximate surface area is 132 Å². The molecule has 0 unspecified atom stereocenters. The zero-order valence-corrected chi connectivity index (χ0v) is 13.2. The van der Waals surface area contributed by atoms with Gasteiger partial charge in [-0.25, -0.2) is 4.98 Å². The molecule has 2 heterocycles. The van der Waals surface area contributed by atoms with Crippen LogP contribution in [0.15, 0.2) is 16.8 Å². The van der Waals surface area contributed by atoms with Crippen molar-refractivity contribution in [2.45, 2.75) is 38.1 Å². The quantitative estimate of drug-likeness (QED) is 0.907. The molecule has 0 atom stereocenters. The maximum absolute atomic E-state index is 6.43. The summed E-state index contributed by atoms with van der Waals surface area (Å²) in [6.07, 6.45) is 5.32. The van der Waals surface area contributed by atoms with Gasteiger partial charge in [-0.2, -0.15) is 4.98 Å². The number of nitrogens with zero attached hydrogens (tertiary/aromatic N) is 3. The Morgan fingerprint density at radius 3 is 2.71 bits per heavy atom. The molecule has 0 bridgehead atoms. The van der Waals surface area contributed by atoms with Crippen LogP contribution in [0.5, 0.6) is 0 Å². The minimum atomic E-state index is -0.545. The van der Waals surface area contributed by atoms with Crippen molar-refractivity contribution in [3.63, 3.8) is 0 Å². The largest absolute Gasteiger partial charge is 0.337 e. The van der Waals surface area contributed by atoms with Crippen molar-refractivity contribution < 1.29 is 4.52 Å². The topological polar surface area (TPSA) is 77.8 Å². The summed E-state index contributed by atoms with van der Waals surface area (Å²) in [5.74, 6) is 1.49. The van der Waals surface area contributed by atoms with Crippen LogP contribution in [0.2, 0.25) is 10.0 Å². The van der Waals surface area contributed by atoms with E-state index in [1.165, 1.54) is 6.20 Å². The molecule has 7 heteroatoms. The summed E-state index contributed by atoms with van der Waals surface area (Å²) < 4.78 is 5.36.